The van der Waals surface area contributed by atoms with Crippen LogP contribution in [0.3, 0.4) is 0 Å². The molecule has 2 aliphatic rings. The third-order valence-corrected chi connectivity index (χ3v) is 5.67. The highest BCUT2D eigenvalue weighted by atomic mass is 15.3. The van der Waals surface area contributed by atoms with Gasteiger partial charge in [-0.25, -0.2) is 0 Å². The van der Waals surface area contributed by atoms with Crippen molar-refractivity contribution in [3.05, 3.63) is 0 Å². The van der Waals surface area contributed by atoms with Crippen molar-refractivity contribution in [1.29, 1.82) is 0 Å². The maximum absolute atomic E-state index is 2.62. The largest absolute Gasteiger partial charge is 0.301 e. The Morgan fingerprint density at radius 2 is 0.654 bits per heavy atom. The van der Waals surface area contributed by atoms with Crippen molar-refractivity contribution in [2.75, 3.05) is 78.5 Å². The molecule has 0 aromatic rings. The molecule has 26 heavy (non-hydrogen) atoms. The van der Waals surface area contributed by atoms with Crippen LogP contribution in [-0.4, -0.2) is 98.1 Å². The molecular weight excluding hydrogens is 320 g/mol. The van der Waals surface area contributed by atoms with Gasteiger partial charge in [0.15, 0.2) is 0 Å². The zero-order valence-corrected chi connectivity index (χ0v) is 18.5. The molecule has 0 amide bonds. The van der Waals surface area contributed by atoms with Crippen LogP contribution in [0.25, 0.3) is 0 Å². The Balaban J connectivity index is 0.000000263. The van der Waals surface area contributed by atoms with E-state index in [4.69, 9.17) is 0 Å². The van der Waals surface area contributed by atoms with Crippen molar-refractivity contribution >= 4 is 0 Å². The van der Waals surface area contributed by atoms with E-state index in [1.807, 2.05) is 0 Å². The first-order valence-corrected chi connectivity index (χ1v) is 11.6. The monoisotopic (exact) mass is 368 g/mol. The fraction of sp³-hybridized carbons (Fsp3) is 1.00. The molecule has 2 saturated heterocycles. The van der Waals surface area contributed by atoms with Gasteiger partial charge in [0.05, 0.1) is 0 Å². The molecular formula is C22H48N4. The first-order chi connectivity index (χ1) is 12.7. The summed E-state index contributed by atoms with van der Waals surface area (Å²) in [5.41, 5.74) is 0. The standard InChI is InChI=1S/C12H26N2.C10H22N2/c1-3-5-7-13-9-11-14(12-10-13)8-6-4-2;1-3-5-11-7-9-12(6-4-2)10-8-11/h3-12H2,1-2H3;3-10H2,1-2H3. The molecule has 4 heteroatoms. The molecule has 4 nitrogen and oxygen atoms in total. The lowest BCUT2D eigenvalue weighted by Gasteiger charge is -2.34. The van der Waals surface area contributed by atoms with Gasteiger partial charge in [-0.05, 0) is 51.9 Å². The number of nitrogens with zero attached hydrogens (tertiary/aromatic N) is 4. The van der Waals surface area contributed by atoms with E-state index in [1.54, 1.807) is 0 Å². The Hall–Kier alpha value is -0.160. The quantitative estimate of drug-likeness (QED) is 0.584. The topological polar surface area (TPSA) is 13.0 Å². The van der Waals surface area contributed by atoms with Crippen molar-refractivity contribution in [3.63, 3.8) is 0 Å². The highest BCUT2D eigenvalue weighted by molar-refractivity contribution is 4.72. The molecule has 0 radical (unpaired) electrons. The maximum Gasteiger partial charge on any atom is 0.0110 e. The fourth-order valence-electron chi connectivity index (χ4n) is 3.87. The summed E-state index contributed by atoms with van der Waals surface area (Å²) in [6.07, 6.45) is 8.00. The van der Waals surface area contributed by atoms with Gasteiger partial charge < -0.3 is 19.6 Å². The average molecular weight is 369 g/mol. The number of rotatable bonds is 10. The summed E-state index contributed by atoms with van der Waals surface area (Å²) in [5, 5.41) is 0. The zero-order valence-electron chi connectivity index (χ0n) is 18.5. The van der Waals surface area contributed by atoms with E-state index in [1.165, 1.54) is 117 Å². The van der Waals surface area contributed by atoms with Crippen LogP contribution < -0.4 is 0 Å². The Labute approximate surface area is 164 Å². The molecule has 2 rings (SSSR count). The molecule has 0 atom stereocenters. The molecule has 0 saturated carbocycles. The van der Waals surface area contributed by atoms with Gasteiger partial charge in [0.2, 0.25) is 0 Å². The number of unbranched alkanes of at least 4 members (excludes halogenated alkanes) is 2. The van der Waals surface area contributed by atoms with Crippen LogP contribution in [0.2, 0.25) is 0 Å². The third-order valence-electron chi connectivity index (χ3n) is 5.67. The average Bonchev–Trinajstić information content (AvgIpc) is 2.68. The highest BCUT2D eigenvalue weighted by Gasteiger charge is 2.15. The molecule has 156 valence electrons. The van der Waals surface area contributed by atoms with E-state index in [0.29, 0.717) is 0 Å². The molecule has 0 unspecified atom stereocenters. The molecule has 0 aromatic carbocycles. The van der Waals surface area contributed by atoms with E-state index in [-0.39, 0.29) is 0 Å². The summed E-state index contributed by atoms with van der Waals surface area (Å²) in [4.78, 5) is 10.4. The first kappa shape index (κ1) is 23.9. The molecule has 0 N–H and O–H groups in total. The summed E-state index contributed by atoms with van der Waals surface area (Å²) in [6, 6.07) is 0. The van der Waals surface area contributed by atoms with Crippen LogP contribution in [-0.2, 0) is 0 Å². The summed E-state index contributed by atoms with van der Waals surface area (Å²) in [5.74, 6) is 0. The predicted octanol–water partition coefficient (Wildman–Crippen LogP) is 3.63. The minimum Gasteiger partial charge on any atom is -0.301 e. The van der Waals surface area contributed by atoms with Crippen LogP contribution in [0.1, 0.15) is 66.2 Å². The van der Waals surface area contributed by atoms with Crippen molar-refractivity contribution in [2.45, 2.75) is 66.2 Å². The predicted molar refractivity (Wildman–Crippen MR) is 116 cm³/mol. The van der Waals surface area contributed by atoms with Crippen molar-refractivity contribution in [2.24, 2.45) is 0 Å². The van der Waals surface area contributed by atoms with Gasteiger partial charge in [0, 0.05) is 52.4 Å². The van der Waals surface area contributed by atoms with Gasteiger partial charge in [0.1, 0.15) is 0 Å². The van der Waals surface area contributed by atoms with Gasteiger partial charge in [-0.3, -0.25) is 0 Å². The molecule has 0 bridgehead atoms. The second kappa shape index (κ2) is 15.9. The van der Waals surface area contributed by atoms with Gasteiger partial charge in [0.25, 0.3) is 0 Å². The smallest absolute Gasteiger partial charge is 0.0110 e. The van der Waals surface area contributed by atoms with Gasteiger partial charge in [-0.2, -0.15) is 0 Å². The number of piperazine rings is 2. The number of hydrogen-bond donors (Lipinski definition) is 0. The molecule has 0 spiro atoms. The van der Waals surface area contributed by atoms with Crippen molar-refractivity contribution in [1.82, 2.24) is 19.6 Å². The Morgan fingerprint density at radius 1 is 0.385 bits per heavy atom. The van der Waals surface area contributed by atoms with Crippen LogP contribution in [0, 0.1) is 0 Å². The highest BCUT2D eigenvalue weighted by Crippen LogP contribution is 2.05. The normalized spacial score (nSPS) is 20.8. The first-order valence-electron chi connectivity index (χ1n) is 11.6. The Bertz CT molecular complexity index is 265. The summed E-state index contributed by atoms with van der Waals surface area (Å²) in [6.45, 7) is 24.6. The SMILES string of the molecule is CCCCN1CCN(CCCC)CC1.CCCN1CCN(CCC)CC1. The minimum absolute atomic E-state index is 1.29. The van der Waals surface area contributed by atoms with Crippen LogP contribution in [0.4, 0.5) is 0 Å². The summed E-state index contributed by atoms with van der Waals surface area (Å²) < 4.78 is 0. The maximum atomic E-state index is 2.62. The fourth-order valence-corrected chi connectivity index (χ4v) is 3.87. The Kier molecular flexibility index (Phi) is 14.6. The lowest BCUT2D eigenvalue weighted by molar-refractivity contribution is 0.130. The van der Waals surface area contributed by atoms with Crippen molar-refractivity contribution in [3.8, 4) is 0 Å². The van der Waals surface area contributed by atoms with Gasteiger partial charge >= 0.3 is 0 Å². The van der Waals surface area contributed by atoms with E-state index in [2.05, 4.69) is 47.3 Å². The van der Waals surface area contributed by atoms with E-state index >= 15 is 0 Å². The Morgan fingerprint density at radius 3 is 0.885 bits per heavy atom. The number of hydrogen-bond acceptors (Lipinski definition) is 4. The van der Waals surface area contributed by atoms with Gasteiger partial charge in [-0.1, -0.05) is 40.5 Å². The minimum atomic E-state index is 1.29. The molecule has 0 aromatic heterocycles. The second-order valence-corrected chi connectivity index (χ2v) is 8.07. The van der Waals surface area contributed by atoms with Crippen LogP contribution in [0.5, 0.6) is 0 Å². The second-order valence-electron chi connectivity index (χ2n) is 8.07. The van der Waals surface area contributed by atoms with Crippen molar-refractivity contribution < 1.29 is 0 Å². The van der Waals surface area contributed by atoms with E-state index in [9.17, 15) is 0 Å². The van der Waals surface area contributed by atoms with Crippen LogP contribution >= 0.6 is 0 Å². The molecule has 2 fully saturated rings. The van der Waals surface area contributed by atoms with E-state index in [0.717, 1.165) is 0 Å². The lowest BCUT2D eigenvalue weighted by atomic mass is 10.2. The molecule has 2 heterocycles. The molecule has 0 aliphatic carbocycles. The summed E-state index contributed by atoms with van der Waals surface area (Å²) in [7, 11) is 0. The van der Waals surface area contributed by atoms with E-state index < -0.39 is 0 Å². The van der Waals surface area contributed by atoms with Gasteiger partial charge in [-0.15, -0.1) is 0 Å². The van der Waals surface area contributed by atoms with Crippen LogP contribution in [0.15, 0.2) is 0 Å². The molecule has 2 aliphatic heterocycles. The third kappa shape index (κ3) is 10.9. The zero-order chi connectivity index (χ0) is 19.0. The summed E-state index contributed by atoms with van der Waals surface area (Å²) >= 11 is 0. The lowest BCUT2D eigenvalue weighted by Crippen LogP contribution is -2.46.